The highest BCUT2D eigenvalue weighted by Crippen LogP contribution is 2.20. The minimum atomic E-state index is -3.40. The summed E-state index contributed by atoms with van der Waals surface area (Å²) >= 11 is 0. The van der Waals surface area contributed by atoms with Crippen molar-refractivity contribution in [1.82, 2.24) is 15.4 Å². The lowest BCUT2D eigenvalue weighted by Crippen LogP contribution is -2.37. The number of guanidine groups is 1. The van der Waals surface area contributed by atoms with Gasteiger partial charge in [-0.05, 0) is 44.0 Å². The number of ether oxygens (including phenoxy) is 1. The summed E-state index contributed by atoms with van der Waals surface area (Å²) in [6, 6.07) is 6.79. The van der Waals surface area contributed by atoms with Crippen molar-refractivity contribution in [2.45, 2.75) is 56.1 Å². The number of halogens is 1. The van der Waals surface area contributed by atoms with Crippen molar-refractivity contribution in [2.75, 3.05) is 27.2 Å². The second-order valence-corrected chi connectivity index (χ2v) is 8.57. The van der Waals surface area contributed by atoms with Crippen LogP contribution in [-0.4, -0.2) is 47.7 Å². The molecular formula is C19H33IN4O3S. The third kappa shape index (κ3) is 8.62. The van der Waals surface area contributed by atoms with Crippen LogP contribution in [-0.2, 0) is 21.3 Å². The van der Waals surface area contributed by atoms with Crippen LogP contribution in [0.3, 0.4) is 0 Å². The summed E-state index contributed by atoms with van der Waals surface area (Å²) in [5.41, 5.74) is 0.980. The van der Waals surface area contributed by atoms with E-state index in [-0.39, 0.29) is 28.9 Å². The van der Waals surface area contributed by atoms with Crippen LogP contribution in [0.25, 0.3) is 0 Å². The van der Waals surface area contributed by atoms with Gasteiger partial charge >= 0.3 is 0 Å². The van der Waals surface area contributed by atoms with E-state index >= 15 is 0 Å². The first-order valence-corrected chi connectivity index (χ1v) is 11.1. The number of nitrogens with zero attached hydrogens (tertiary/aromatic N) is 1. The van der Waals surface area contributed by atoms with Crippen molar-refractivity contribution in [3.05, 3.63) is 29.8 Å². The van der Waals surface area contributed by atoms with Crippen molar-refractivity contribution in [2.24, 2.45) is 4.99 Å². The topological polar surface area (TPSA) is 91.8 Å². The van der Waals surface area contributed by atoms with E-state index in [1.807, 2.05) is 0 Å². The predicted molar refractivity (Wildman–Crippen MR) is 124 cm³/mol. The van der Waals surface area contributed by atoms with Crippen LogP contribution in [0.15, 0.2) is 34.2 Å². The summed E-state index contributed by atoms with van der Waals surface area (Å²) in [4.78, 5) is 4.47. The normalized spacial score (nSPS) is 15.7. The van der Waals surface area contributed by atoms with Crippen molar-refractivity contribution in [1.29, 1.82) is 0 Å². The Labute approximate surface area is 186 Å². The first-order valence-electron chi connectivity index (χ1n) is 9.64. The molecule has 1 aliphatic carbocycles. The lowest BCUT2D eigenvalue weighted by molar-refractivity contribution is 0.0277. The molecule has 3 N–H and O–H groups in total. The van der Waals surface area contributed by atoms with E-state index in [1.54, 1.807) is 31.3 Å². The summed E-state index contributed by atoms with van der Waals surface area (Å²) in [5, 5.41) is 6.51. The molecule has 0 amide bonds. The van der Waals surface area contributed by atoms with Gasteiger partial charge in [-0.15, -0.1) is 24.0 Å². The quantitative estimate of drug-likeness (QED) is 0.200. The molecule has 1 saturated carbocycles. The summed E-state index contributed by atoms with van der Waals surface area (Å²) in [7, 11) is -0.259. The number of rotatable bonds is 9. The van der Waals surface area contributed by atoms with Crippen LogP contribution in [0.4, 0.5) is 0 Å². The van der Waals surface area contributed by atoms with Gasteiger partial charge in [0.1, 0.15) is 0 Å². The van der Waals surface area contributed by atoms with Gasteiger partial charge in [0.2, 0.25) is 10.0 Å². The van der Waals surface area contributed by atoms with E-state index < -0.39 is 10.0 Å². The van der Waals surface area contributed by atoms with Crippen molar-refractivity contribution >= 4 is 40.0 Å². The molecule has 9 heteroatoms. The third-order valence-electron chi connectivity index (χ3n) is 4.71. The molecule has 0 heterocycles. The lowest BCUT2D eigenvalue weighted by atomic mass is 9.98. The van der Waals surface area contributed by atoms with Gasteiger partial charge in [-0.1, -0.05) is 31.4 Å². The fourth-order valence-electron chi connectivity index (χ4n) is 3.07. The monoisotopic (exact) mass is 524 g/mol. The molecule has 2 rings (SSSR count). The Bertz CT molecular complexity index is 690. The first kappa shape index (κ1) is 25.1. The first-order chi connectivity index (χ1) is 13.0. The molecule has 0 bridgehead atoms. The average Bonchev–Trinajstić information content (AvgIpc) is 2.71. The highest BCUT2D eigenvalue weighted by Gasteiger charge is 2.13. The van der Waals surface area contributed by atoms with Gasteiger partial charge in [-0.25, -0.2) is 13.1 Å². The van der Waals surface area contributed by atoms with E-state index in [4.69, 9.17) is 4.74 Å². The summed E-state index contributed by atoms with van der Waals surface area (Å²) in [6.45, 7) is 2.14. The standard InChI is InChI=1S/C19H32N4O3S.HI/c1-20-19(22-13-6-14-26-17-7-4-3-5-8-17)23-15-16-9-11-18(12-10-16)27(24,25)21-2;/h9-12,17,21H,3-8,13-15H2,1-2H3,(H2,20,22,23);1H. The molecule has 28 heavy (non-hydrogen) atoms. The molecule has 0 aliphatic heterocycles. The Balaban J connectivity index is 0.00000392. The third-order valence-corrected chi connectivity index (χ3v) is 6.14. The molecule has 0 saturated heterocycles. The Morgan fingerprint density at radius 2 is 1.82 bits per heavy atom. The molecule has 0 radical (unpaired) electrons. The molecule has 0 atom stereocenters. The zero-order valence-corrected chi connectivity index (χ0v) is 19.9. The molecular weight excluding hydrogens is 491 g/mol. The smallest absolute Gasteiger partial charge is 0.240 e. The highest BCUT2D eigenvalue weighted by atomic mass is 127. The number of benzene rings is 1. The minimum absolute atomic E-state index is 0. The fourth-order valence-corrected chi connectivity index (χ4v) is 3.80. The molecule has 1 aromatic rings. The number of nitrogens with one attached hydrogen (secondary N) is 3. The Morgan fingerprint density at radius 1 is 1.14 bits per heavy atom. The summed E-state index contributed by atoms with van der Waals surface area (Å²) in [6.07, 6.45) is 7.72. The van der Waals surface area contributed by atoms with Crippen LogP contribution in [0.5, 0.6) is 0 Å². The van der Waals surface area contributed by atoms with Crippen molar-refractivity contribution in [3.8, 4) is 0 Å². The molecule has 1 aliphatic rings. The van der Waals surface area contributed by atoms with Gasteiger partial charge in [0.15, 0.2) is 5.96 Å². The molecule has 0 aromatic heterocycles. The Hall–Kier alpha value is -0.910. The van der Waals surface area contributed by atoms with Crippen molar-refractivity contribution < 1.29 is 13.2 Å². The molecule has 1 fully saturated rings. The maximum Gasteiger partial charge on any atom is 0.240 e. The molecule has 0 unspecified atom stereocenters. The number of sulfonamides is 1. The zero-order chi connectivity index (χ0) is 19.5. The van der Waals surface area contributed by atoms with E-state index in [0.717, 1.165) is 31.1 Å². The van der Waals surface area contributed by atoms with Crippen LogP contribution >= 0.6 is 24.0 Å². The van der Waals surface area contributed by atoms with E-state index in [0.29, 0.717) is 12.6 Å². The van der Waals surface area contributed by atoms with Gasteiger partial charge in [-0.3, -0.25) is 4.99 Å². The molecule has 160 valence electrons. The number of aliphatic imine (C=N–C) groups is 1. The summed E-state index contributed by atoms with van der Waals surface area (Å²) in [5.74, 6) is 0.722. The van der Waals surface area contributed by atoms with Crippen LogP contribution < -0.4 is 15.4 Å². The molecule has 7 nitrogen and oxygen atoms in total. The number of hydrogen-bond donors (Lipinski definition) is 3. The van der Waals surface area contributed by atoms with Crippen molar-refractivity contribution in [3.63, 3.8) is 0 Å². The largest absolute Gasteiger partial charge is 0.378 e. The molecule has 1 aromatic carbocycles. The van der Waals surface area contributed by atoms with Gasteiger partial charge in [0.25, 0.3) is 0 Å². The van der Waals surface area contributed by atoms with Crippen LogP contribution in [0.1, 0.15) is 44.1 Å². The average molecular weight is 524 g/mol. The van der Waals surface area contributed by atoms with Gasteiger partial charge in [0.05, 0.1) is 11.0 Å². The predicted octanol–water partition coefficient (Wildman–Crippen LogP) is 2.62. The van der Waals surface area contributed by atoms with E-state index in [9.17, 15) is 8.42 Å². The lowest BCUT2D eigenvalue weighted by Gasteiger charge is -2.22. The SMILES string of the molecule is CN=C(NCCCOC1CCCCC1)NCc1ccc(S(=O)(=O)NC)cc1.I. The van der Waals surface area contributed by atoms with Gasteiger partial charge < -0.3 is 15.4 Å². The summed E-state index contributed by atoms with van der Waals surface area (Å²) < 4.78 is 31.7. The maximum absolute atomic E-state index is 11.7. The second kappa shape index (κ2) is 13.3. The Kier molecular flexibility index (Phi) is 12.0. The second-order valence-electron chi connectivity index (χ2n) is 6.69. The minimum Gasteiger partial charge on any atom is -0.378 e. The highest BCUT2D eigenvalue weighted by molar-refractivity contribution is 14.0. The van der Waals surface area contributed by atoms with E-state index in [1.165, 1.54) is 39.2 Å². The van der Waals surface area contributed by atoms with E-state index in [2.05, 4.69) is 20.3 Å². The molecule has 0 spiro atoms. The fraction of sp³-hybridized carbons (Fsp3) is 0.632. The van der Waals surface area contributed by atoms with Crippen LogP contribution in [0.2, 0.25) is 0 Å². The Morgan fingerprint density at radius 3 is 2.43 bits per heavy atom. The van der Waals surface area contributed by atoms with Gasteiger partial charge in [-0.2, -0.15) is 0 Å². The zero-order valence-electron chi connectivity index (χ0n) is 16.7. The number of hydrogen-bond acceptors (Lipinski definition) is 4. The van der Waals surface area contributed by atoms with Crippen LogP contribution in [0, 0.1) is 0 Å². The maximum atomic E-state index is 11.7. The van der Waals surface area contributed by atoms with Gasteiger partial charge in [0, 0.05) is 26.7 Å².